The number of benzene rings is 2. The van der Waals surface area contributed by atoms with Gasteiger partial charge in [-0.15, -0.1) is 0 Å². The fourth-order valence-corrected chi connectivity index (χ4v) is 1.40. The Kier molecular flexibility index (Phi) is 5.98. The Morgan fingerprint density at radius 2 is 1.45 bits per heavy atom. The van der Waals surface area contributed by atoms with Crippen LogP contribution < -0.4 is 5.32 Å². The molecule has 2 N–H and O–H groups in total. The van der Waals surface area contributed by atoms with E-state index in [0.717, 1.165) is 0 Å². The summed E-state index contributed by atoms with van der Waals surface area (Å²) in [5, 5.41) is 30.7. The molecule has 0 aromatic heterocycles. The van der Waals surface area contributed by atoms with Gasteiger partial charge in [-0.05, 0) is 6.07 Å². The number of para-hydroxylation sites is 3. The van der Waals surface area contributed by atoms with Crippen molar-refractivity contribution < 1.29 is 19.7 Å². The number of carbonyl (C=O) groups is 1. The molecule has 2 rings (SSSR count). The molecule has 0 aliphatic heterocycles. The van der Waals surface area contributed by atoms with Crippen LogP contribution in [-0.4, -0.2) is 21.0 Å². The number of carboxylic acid groups (broad SMARTS) is 1. The minimum Gasteiger partial charge on any atom is -0.465 e. The van der Waals surface area contributed by atoms with E-state index in [0.29, 0.717) is 0 Å². The lowest BCUT2D eigenvalue weighted by Gasteiger charge is -2.00. The Labute approximate surface area is 124 Å². The molecular formula is C13H11N3O6. The number of nitro groups is 2. The van der Waals surface area contributed by atoms with E-state index >= 15 is 0 Å². The largest absolute Gasteiger partial charge is 0.465 e. The minimum absolute atomic E-state index is 0.0278. The fraction of sp³-hybridized carbons (Fsp3) is 0. The van der Waals surface area contributed by atoms with Crippen LogP contribution in [-0.2, 0) is 0 Å². The van der Waals surface area contributed by atoms with Gasteiger partial charge in [0.25, 0.3) is 11.4 Å². The second-order valence-electron chi connectivity index (χ2n) is 3.80. The van der Waals surface area contributed by atoms with Crippen LogP contribution in [0, 0.1) is 20.2 Å². The molecule has 0 aliphatic carbocycles. The van der Waals surface area contributed by atoms with Crippen LogP contribution in [0.3, 0.4) is 0 Å². The third kappa shape index (κ3) is 5.25. The fourth-order valence-electron chi connectivity index (χ4n) is 1.40. The van der Waals surface area contributed by atoms with E-state index in [9.17, 15) is 25.0 Å². The Morgan fingerprint density at radius 1 is 0.909 bits per heavy atom. The van der Waals surface area contributed by atoms with Crippen LogP contribution in [0.25, 0.3) is 0 Å². The van der Waals surface area contributed by atoms with Crippen LogP contribution in [0.2, 0.25) is 0 Å². The Bertz CT molecular complexity index is 674. The summed E-state index contributed by atoms with van der Waals surface area (Å²) in [5.41, 5.74) is -0.151. The highest BCUT2D eigenvalue weighted by molar-refractivity contribution is 5.86. The molecule has 1 amide bonds. The maximum Gasteiger partial charge on any atom is 0.409 e. The Morgan fingerprint density at radius 3 is 1.91 bits per heavy atom. The van der Waals surface area contributed by atoms with E-state index in [1.165, 1.54) is 36.4 Å². The van der Waals surface area contributed by atoms with E-state index in [-0.39, 0.29) is 17.1 Å². The van der Waals surface area contributed by atoms with Gasteiger partial charge in [0.15, 0.2) is 0 Å². The standard InChI is InChI=1S/C7H6N2O4.C6H5NO2/c10-7(11)8-5-3-1-2-4-6(5)9(12)13;8-7(9)6-4-2-1-3-5-6/h1-4,8H,(H,10,11);1-5H. The second-order valence-corrected chi connectivity index (χ2v) is 3.80. The predicted octanol–water partition coefficient (Wildman–Crippen LogP) is 3.28. The average molecular weight is 305 g/mol. The molecule has 0 atom stereocenters. The first kappa shape index (κ1) is 16.6. The van der Waals surface area contributed by atoms with Gasteiger partial charge in [-0.2, -0.15) is 0 Å². The van der Waals surface area contributed by atoms with Gasteiger partial charge in [0, 0.05) is 18.2 Å². The van der Waals surface area contributed by atoms with Gasteiger partial charge in [0.1, 0.15) is 5.69 Å². The molecule has 0 saturated carbocycles. The Hall–Kier alpha value is -3.49. The maximum atomic E-state index is 10.4. The van der Waals surface area contributed by atoms with Crippen molar-refractivity contribution in [2.45, 2.75) is 0 Å². The first-order chi connectivity index (χ1) is 10.4. The third-order valence-corrected chi connectivity index (χ3v) is 2.31. The molecule has 0 saturated heterocycles. The van der Waals surface area contributed by atoms with Gasteiger partial charge < -0.3 is 5.11 Å². The zero-order valence-corrected chi connectivity index (χ0v) is 11.1. The summed E-state index contributed by atoms with van der Waals surface area (Å²) < 4.78 is 0. The number of non-ortho nitro benzene ring substituents is 1. The summed E-state index contributed by atoms with van der Waals surface area (Å²) in [5.74, 6) is 0. The van der Waals surface area contributed by atoms with Crippen molar-refractivity contribution in [1.82, 2.24) is 0 Å². The summed E-state index contributed by atoms with van der Waals surface area (Å²) in [7, 11) is 0. The molecule has 9 nitrogen and oxygen atoms in total. The van der Waals surface area contributed by atoms with Gasteiger partial charge >= 0.3 is 6.09 Å². The monoisotopic (exact) mass is 305 g/mol. The molecule has 22 heavy (non-hydrogen) atoms. The quantitative estimate of drug-likeness (QED) is 0.659. The lowest BCUT2D eigenvalue weighted by atomic mass is 10.3. The topological polar surface area (TPSA) is 136 Å². The van der Waals surface area contributed by atoms with Crippen molar-refractivity contribution >= 4 is 23.2 Å². The van der Waals surface area contributed by atoms with E-state index < -0.39 is 15.9 Å². The smallest absolute Gasteiger partial charge is 0.409 e. The third-order valence-electron chi connectivity index (χ3n) is 2.31. The summed E-state index contributed by atoms with van der Waals surface area (Å²) >= 11 is 0. The predicted molar refractivity (Wildman–Crippen MR) is 77.8 cm³/mol. The number of nitrogens with zero attached hydrogens (tertiary/aromatic N) is 2. The molecule has 2 aromatic carbocycles. The van der Waals surface area contributed by atoms with Crippen molar-refractivity contribution in [3.8, 4) is 0 Å². The van der Waals surface area contributed by atoms with E-state index in [2.05, 4.69) is 0 Å². The molecule has 0 heterocycles. The van der Waals surface area contributed by atoms with Crippen molar-refractivity contribution in [2.75, 3.05) is 5.32 Å². The molecule has 0 bridgehead atoms. The lowest BCUT2D eigenvalue weighted by molar-refractivity contribution is -0.384. The first-order valence-electron chi connectivity index (χ1n) is 5.84. The number of hydrogen-bond donors (Lipinski definition) is 2. The Balaban J connectivity index is 0.000000235. The molecule has 0 fully saturated rings. The number of anilines is 1. The highest BCUT2D eigenvalue weighted by Crippen LogP contribution is 2.22. The van der Waals surface area contributed by atoms with Crippen LogP contribution in [0.4, 0.5) is 21.9 Å². The lowest BCUT2D eigenvalue weighted by Crippen LogP contribution is -2.08. The SMILES string of the molecule is O=C(O)Nc1ccccc1[N+](=O)[O-].O=[N+]([O-])c1ccccc1. The number of hydrogen-bond acceptors (Lipinski definition) is 5. The first-order valence-corrected chi connectivity index (χ1v) is 5.84. The molecule has 0 unspecified atom stereocenters. The van der Waals surface area contributed by atoms with E-state index in [1.54, 1.807) is 18.2 Å². The summed E-state index contributed by atoms with van der Waals surface area (Å²) in [6, 6.07) is 13.5. The summed E-state index contributed by atoms with van der Waals surface area (Å²) in [4.78, 5) is 29.5. The van der Waals surface area contributed by atoms with Crippen molar-refractivity contribution in [1.29, 1.82) is 0 Å². The van der Waals surface area contributed by atoms with Crippen molar-refractivity contribution in [3.63, 3.8) is 0 Å². The number of amides is 1. The average Bonchev–Trinajstić information content (AvgIpc) is 2.48. The van der Waals surface area contributed by atoms with E-state index in [4.69, 9.17) is 5.11 Å². The van der Waals surface area contributed by atoms with Crippen LogP contribution in [0.15, 0.2) is 54.6 Å². The van der Waals surface area contributed by atoms with Gasteiger partial charge in [0.05, 0.1) is 9.85 Å². The zero-order chi connectivity index (χ0) is 16.5. The molecule has 2 aromatic rings. The number of nitro benzene ring substituents is 2. The maximum absolute atomic E-state index is 10.4. The normalized spacial score (nSPS) is 9.09. The van der Waals surface area contributed by atoms with Gasteiger partial charge in [-0.3, -0.25) is 25.5 Å². The highest BCUT2D eigenvalue weighted by Gasteiger charge is 2.13. The number of nitrogens with one attached hydrogen (secondary N) is 1. The van der Waals surface area contributed by atoms with Gasteiger partial charge in [-0.25, -0.2) is 4.79 Å². The highest BCUT2D eigenvalue weighted by atomic mass is 16.6. The summed E-state index contributed by atoms with van der Waals surface area (Å²) in [6.45, 7) is 0. The zero-order valence-electron chi connectivity index (χ0n) is 11.1. The molecule has 114 valence electrons. The van der Waals surface area contributed by atoms with E-state index in [1.807, 2.05) is 5.32 Å². The van der Waals surface area contributed by atoms with Crippen LogP contribution in [0.1, 0.15) is 0 Å². The van der Waals surface area contributed by atoms with Gasteiger partial charge in [0.2, 0.25) is 0 Å². The molecular weight excluding hydrogens is 294 g/mol. The summed E-state index contributed by atoms with van der Waals surface area (Å²) in [6.07, 6.45) is -1.32. The molecule has 0 spiro atoms. The minimum atomic E-state index is -1.32. The van der Waals surface area contributed by atoms with Crippen LogP contribution >= 0.6 is 0 Å². The van der Waals surface area contributed by atoms with Crippen molar-refractivity contribution in [3.05, 3.63) is 74.8 Å². The van der Waals surface area contributed by atoms with Gasteiger partial charge in [-0.1, -0.05) is 30.3 Å². The van der Waals surface area contributed by atoms with Crippen LogP contribution in [0.5, 0.6) is 0 Å². The molecule has 0 radical (unpaired) electrons. The second kappa shape index (κ2) is 7.94. The molecule has 0 aliphatic rings. The molecule has 9 heteroatoms. The number of rotatable bonds is 3. The van der Waals surface area contributed by atoms with Crippen molar-refractivity contribution in [2.24, 2.45) is 0 Å².